The van der Waals surface area contributed by atoms with Gasteiger partial charge >= 0.3 is 5.97 Å². The molecule has 4 nitrogen and oxygen atoms in total. The summed E-state index contributed by atoms with van der Waals surface area (Å²) in [5, 5.41) is 9.20. The molecule has 5 heteroatoms. The second kappa shape index (κ2) is 5.95. The molecule has 1 aromatic rings. The summed E-state index contributed by atoms with van der Waals surface area (Å²) in [6.07, 6.45) is 2.14. The number of thiophene rings is 1. The van der Waals surface area contributed by atoms with Crippen LogP contribution in [0, 0.1) is 18.8 Å². The Kier molecular flexibility index (Phi) is 4.48. The molecule has 1 aliphatic rings. The van der Waals surface area contributed by atoms with Crippen LogP contribution in [-0.2, 0) is 9.59 Å². The highest BCUT2D eigenvalue weighted by Crippen LogP contribution is 2.35. The van der Waals surface area contributed by atoms with Gasteiger partial charge in [-0.25, -0.2) is 0 Å². The standard InChI is InChI=1S/C15H21NO3S/c1-9-7-8-13(20-9)10(2)16(3)14(17)11-5-4-6-12(11)15(18)19/h7-8,10-12H,4-6H2,1-3H3,(H,18,19)/t10?,11-,12+/m1/s1. The number of nitrogens with zero attached hydrogens (tertiary/aromatic N) is 1. The van der Waals surface area contributed by atoms with E-state index in [1.54, 1.807) is 23.3 Å². The lowest BCUT2D eigenvalue weighted by Gasteiger charge is -2.28. The van der Waals surface area contributed by atoms with Gasteiger partial charge in [-0.2, -0.15) is 0 Å². The molecule has 0 saturated heterocycles. The number of carboxylic acid groups (broad SMARTS) is 1. The van der Waals surface area contributed by atoms with Crippen molar-refractivity contribution in [1.29, 1.82) is 0 Å². The zero-order valence-corrected chi connectivity index (χ0v) is 12.9. The lowest BCUT2D eigenvalue weighted by Crippen LogP contribution is -2.38. The van der Waals surface area contributed by atoms with Crippen molar-refractivity contribution in [2.75, 3.05) is 7.05 Å². The molecule has 20 heavy (non-hydrogen) atoms. The Balaban J connectivity index is 2.10. The summed E-state index contributed by atoms with van der Waals surface area (Å²) in [5.41, 5.74) is 0. The van der Waals surface area contributed by atoms with E-state index in [2.05, 4.69) is 0 Å². The Labute approximate surface area is 123 Å². The van der Waals surface area contributed by atoms with Gasteiger partial charge < -0.3 is 10.0 Å². The van der Waals surface area contributed by atoms with E-state index >= 15 is 0 Å². The van der Waals surface area contributed by atoms with Crippen LogP contribution in [-0.4, -0.2) is 28.9 Å². The van der Waals surface area contributed by atoms with Gasteiger partial charge in [-0.05, 0) is 38.8 Å². The minimum Gasteiger partial charge on any atom is -0.481 e. The second-order valence-corrected chi connectivity index (χ2v) is 6.88. The van der Waals surface area contributed by atoms with Gasteiger partial charge in [0.05, 0.1) is 17.9 Å². The maximum Gasteiger partial charge on any atom is 0.307 e. The van der Waals surface area contributed by atoms with Crippen molar-refractivity contribution in [2.24, 2.45) is 11.8 Å². The number of carbonyl (C=O) groups excluding carboxylic acids is 1. The monoisotopic (exact) mass is 295 g/mol. The predicted molar refractivity (Wildman–Crippen MR) is 78.7 cm³/mol. The maximum absolute atomic E-state index is 12.5. The smallest absolute Gasteiger partial charge is 0.307 e. The molecule has 2 rings (SSSR count). The maximum atomic E-state index is 12.5. The van der Waals surface area contributed by atoms with Gasteiger partial charge in [0.15, 0.2) is 0 Å². The third-order valence-electron chi connectivity index (χ3n) is 4.25. The highest BCUT2D eigenvalue weighted by atomic mass is 32.1. The SMILES string of the molecule is Cc1ccc(C(C)N(C)C(=O)[C@@H]2CCC[C@@H]2C(=O)O)s1. The third-order valence-corrected chi connectivity index (χ3v) is 5.42. The van der Waals surface area contributed by atoms with Crippen molar-refractivity contribution >= 4 is 23.2 Å². The van der Waals surface area contributed by atoms with Crippen molar-refractivity contribution in [3.63, 3.8) is 0 Å². The quantitative estimate of drug-likeness (QED) is 0.928. The van der Waals surface area contributed by atoms with Gasteiger partial charge in [0, 0.05) is 16.8 Å². The molecule has 0 aromatic carbocycles. The number of carboxylic acids is 1. The molecule has 1 amide bonds. The molecule has 1 heterocycles. The number of carbonyl (C=O) groups is 2. The summed E-state index contributed by atoms with van der Waals surface area (Å²) in [5.74, 6) is -1.74. The number of amides is 1. The topological polar surface area (TPSA) is 57.6 Å². The molecule has 0 radical (unpaired) electrons. The Morgan fingerprint density at radius 3 is 2.55 bits per heavy atom. The van der Waals surface area contributed by atoms with Crippen molar-refractivity contribution in [1.82, 2.24) is 4.90 Å². The van der Waals surface area contributed by atoms with Crippen LogP contribution < -0.4 is 0 Å². The van der Waals surface area contributed by atoms with E-state index < -0.39 is 11.9 Å². The molecule has 3 atom stereocenters. The zero-order chi connectivity index (χ0) is 14.9. The molecule has 1 unspecified atom stereocenters. The minimum absolute atomic E-state index is 0.00348. The van der Waals surface area contributed by atoms with Gasteiger partial charge in [-0.1, -0.05) is 6.42 Å². The molecular formula is C15H21NO3S. The lowest BCUT2D eigenvalue weighted by atomic mass is 9.94. The Bertz CT molecular complexity index is 511. The van der Waals surface area contributed by atoms with E-state index in [-0.39, 0.29) is 17.9 Å². The van der Waals surface area contributed by atoms with Gasteiger partial charge in [0.2, 0.25) is 5.91 Å². The normalized spacial score (nSPS) is 23.6. The van der Waals surface area contributed by atoms with Gasteiger partial charge in [0.1, 0.15) is 0 Å². The Morgan fingerprint density at radius 1 is 1.35 bits per heavy atom. The Morgan fingerprint density at radius 2 is 2.00 bits per heavy atom. The highest BCUT2D eigenvalue weighted by Gasteiger charge is 2.39. The largest absolute Gasteiger partial charge is 0.481 e. The van der Waals surface area contributed by atoms with E-state index in [1.165, 1.54) is 4.88 Å². The van der Waals surface area contributed by atoms with Crippen molar-refractivity contribution in [3.8, 4) is 0 Å². The first-order chi connectivity index (χ1) is 9.41. The summed E-state index contributed by atoms with van der Waals surface area (Å²) in [4.78, 5) is 27.8. The number of aliphatic carboxylic acids is 1. The second-order valence-electron chi connectivity index (χ2n) is 5.56. The summed E-state index contributed by atoms with van der Waals surface area (Å²) in [6.45, 7) is 4.04. The molecule has 110 valence electrons. The van der Waals surface area contributed by atoms with Crippen LogP contribution in [0.15, 0.2) is 12.1 Å². The number of hydrogen-bond acceptors (Lipinski definition) is 3. The first-order valence-electron chi connectivity index (χ1n) is 6.97. The minimum atomic E-state index is -0.839. The fourth-order valence-corrected chi connectivity index (χ4v) is 3.85. The zero-order valence-electron chi connectivity index (χ0n) is 12.1. The van der Waals surface area contributed by atoms with E-state index in [0.717, 1.165) is 11.3 Å². The molecule has 1 N–H and O–H groups in total. The molecule has 0 aliphatic heterocycles. The van der Waals surface area contributed by atoms with Crippen LogP contribution in [0.25, 0.3) is 0 Å². The first kappa shape index (κ1) is 15.0. The van der Waals surface area contributed by atoms with Crippen LogP contribution >= 0.6 is 11.3 Å². The van der Waals surface area contributed by atoms with Crippen LogP contribution in [0.3, 0.4) is 0 Å². The molecule has 1 aromatic heterocycles. The van der Waals surface area contributed by atoms with E-state index in [9.17, 15) is 14.7 Å². The third kappa shape index (κ3) is 2.87. The van der Waals surface area contributed by atoms with E-state index in [0.29, 0.717) is 12.8 Å². The Hall–Kier alpha value is -1.36. The summed E-state index contributed by atoms with van der Waals surface area (Å²) < 4.78 is 0. The molecule has 0 spiro atoms. The average Bonchev–Trinajstić information content (AvgIpc) is 3.04. The van der Waals surface area contributed by atoms with Crippen molar-refractivity contribution in [3.05, 3.63) is 21.9 Å². The highest BCUT2D eigenvalue weighted by molar-refractivity contribution is 7.12. The van der Waals surface area contributed by atoms with E-state index in [1.807, 2.05) is 26.0 Å². The number of rotatable bonds is 4. The molecule has 0 bridgehead atoms. The van der Waals surface area contributed by atoms with Crippen LogP contribution in [0.2, 0.25) is 0 Å². The van der Waals surface area contributed by atoms with Gasteiger partial charge in [-0.15, -0.1) is 11.3 Å². The van der Waals surface area contributed by atoms with E-state index in [4.69, 9.17) is 0 Å². The first-order valence-corrected chi connectivity index (χ1v) is 7.79. The molecule has 1 saturated carbocycles. The summed E-state index contributed by atoms with van der Waals surface area (Å²) >= 11 is 1.68. The summed E-state index contributed by atoms with van der Waals surface area (Å²) in [6, 6.07) is 4.08. The summed E-state index contributed by atoms with van der Waals surface area (Å²) in [7, 11) is 1.78. The lowest BCUT2D eigenvalue weighted by molar-refractivity contribution is -0.149. The number of aryl methyl sites for hydroxylation is 1. The average molecular weight is 295 g/mol. The fourth-order valence-electron chi connectivity index (χ4n) is 2.87. The molecule has 1 aliphatic carbocycles. The predicted octanol–water partition coefficient (Wildman–Crippen LogP) is 3.08. The number of hydrogen-bond donors (Lipinski definition) is 1. The van der Waals surface area contributed by atoms with Crippen LogP contribution in [0.5, 0.6) is 0 Å². The molecule has 1 fully saturated rings. The van der Waals surface area contributed by atoms with Gasteiger partial charge in [0.25, 0.3) is 0 Å². The van der Waals surface area contributed by atoms with Crippen molar-refractivity contribution < 1.29 is 14.7 Å². The van der Waals surface area contributed by atoms with Crippen molar-refractivity contribution in [2.45, 2.75) is 39.2 Å². The molecular weight excluding hydrogens is 274 g/mol. The van der Waals surface area contributed by atoms with Crippen LogP contribution in [0.1, 0.15) is 42.0 Å². The van der Waals surface area contributed by atoms with Gasteiger partial charge in [-0.3, -0.25) is 9.59 Å². The fraction of sp³-hybridized carbons (Fsp3) is 0.600. The van der Waals surface area contributed by atoms with Crippen LogP contribution in [0.4, 0.5) is 0 Å².